The number of nitrogens with zero attached hydrogens (tertiary/aromatic N) is 10. The molecule has 10 aromatic carbocycles. The van der Waals surface area contributed by atoms with Gasteiger partial charge in [0.25, 0.3) is 23.6 Å². The van der Waals surface area contributed by atoms with Crippen molar-refractivity contribution in [2.75, 3.05) is 87.7 Å². The Hall–Kier alpha value is -14.5. The number of aryl methyl sites for hydroxylation is 4. The zero-order chi connectivity index (χ0) is 98.3. The van der Waals surface area contributed by atoms with Crippen molar-refractivity contribution in [2.45, 2.75) is 79.1 Å². The molecule has 0 spiro atoms. The largest absolute Gasteiger partial charge is 0.322 e. The quantitative estimate of drug-likeness (QED) is 0.0698. The summed E-state index contributed by atoms with van der Waals surface area (Å²) >= 11 is 12.9. The van der Waals surface area contributed by atoms with E-state index in [4.69, 9.17) is 33.2 Å². The number of hydrogen-bond acceptors (Lipinski definition) is 18. The van der Waals surface area contributed by atoms with Crippen molar-refractivity contribution >= 4 is 176 Å². The first-order valence-electron chi connectivity index (χ1n) is 45.3. The second-order valence-electron chi connectivity index (χ2n) is 34.2. The van der Waals surface area contributed by atoms with Crippen LogP contribution in [0.15, 0.2) is 280 Å². The highest BCUT2D eigenvalue weighted by atomic mass is 35.5. The first kappa shape index (κ1) is 97.1. The fourth-order valence-corrected chi connectivity index (χ4v) is 24.3. The molecule has 4 amide bonds. The van der Waals surface area contributed by atoms with E-state index in [-0.39, 0.29) is 67.9 Å². The number of para-hydroxylation sites is 1. The molecule has 0 bridgehead atoms. The Bertz CT molecular complexity index is 7600. The van der Waals surface area contributed by atoms with Gasteiger partial charge in [0, 0.05) is 129 Å². The minimum absolute atomic E-state index is 0.0373. The molecule has 4 saturated heterocycles. The summed E-state index contributed by atoms with van der Waals surface area (Å²) in [5.41, 5.74) is 16.7. The molecule has 0 atom stereocenters. The Morgan fingerprint density at radius 3 is 1.23 bits per heavy atom. The lowest BCUT2D eigenvalue weighted by Gasteiger charge is -2.28. The number of nitrogens with one attached hydrogen (secondary N) is 4. The Balaban J connectivity index is 0.000000129. The average Bonchev–Trinajstić information content (AvgIpc) is 0.798. The van der Waals surface area contributed by atoms with E-state index in [9.17, 15) is 61.6 Å². The lowest BCUT2D eigenvalue weighted by Crippen LogP contribution is -2.37. The van der Waals surface area contributed by atoms with Crippen LogP contribution in [-0.2, 0) is 40.1 Å². The standard InChI is InChI=1S/C27H24ClN3O3S.C27H24FN3O3S.C26H23ClN4O3S.C26H23FN4O3S/c1-18-16-21(31-14-4-5-15-35(31,33)34)10-11-22(18)27(32)29-20-9-12-24(28)23(17-20)26-13-8-19-6-2-3-7-25(19)30-26;1-18-8-9-20(16-24(18)26-22-7-3-2-6-19(22)12-13-29-26)30-27(32)23-11-10-21(17-25(23)28)31-14-4-5-15-35(31,33)34;1-17-6-7-18(15-22(17)25-21-5-4-11-28-24(21)10-12-29-25)30-26(32)20-9-8-19(16-23(20)27)31-13-2-3-14-35(31,33)34;1-17-4-6-19(14-22(17)25-9-5-18-16-28-11-10-24(18)30-25)29-26(32)21-8-7-20(15-23(21)27)31-12-2-3-13-35(31,33)34/h2-3,6-13,16-17H,4-5,14-15H2,1H3,(H,29,32);2-3,6-13,16-17H,4-5,14-15H2,1H3,(H,30,32);4-12,15-16H,2-3,13-14H2,1H3,(H,30,32);4-11,14-16H,2-3,12-13H2,1H3,(H,29,32). The van der Waals surface area contributed by atoms with Gasteiger partial charge in [0.15, 0.2) is 0 Å². The lowest BCUT2D eigenvalue weighted by atomic mass is 9.99. The van der Waals surface area contributed by atoms with Crippen LogP contribution in [-0.4, -0.2) is 136 Å². The maximum Gasteiger partial charge on any atom is 0.258 e. The number of aromatic nitrogens is 6. The highest BCUT2D eigenvalue weighted by Crippen LogP contribution is 2.39. The fraction of sp³-hybridized carbons (Fsp3) is 0.189. The summed E-state index contributed by atoms with van der Waals surface area (Å²) in [6.45, 7) is 9.20. The van der Waals surface area contributed by atoms with Gasteiger partial charge >= 0.3 is 0 Å². The summed E-state index contributed by atoms with van der Waals surface area (Å²) in [6, 6.07) is 72.4. The van der Waals surface area contributed by atoms with Gasteiger partial charge in [-0.15, -0.1) is 0 Å². The number of hydrogen-bond donors (Lipinski definition) is 4. The highest BCUT2D eigenvalue weighted by molar-refractivity contribution is 7.93. The molecule has 20 rings (SSSR count). The summed E-state index contributed by atoms with van der Waals surface area (Å²) in [7, 11) is -13.6. The minimum atomic E-state index is -3.47. The zero-order valence-electron chi connectivity index (χ0n) is 76.4. The predicted molar refractivity (Wildman–Crippen MR) is 552 cm³/mol. The Kier molecular flexibility index (Phi) is 28.9. The molecule has 16 aromatic rings. The number of sulfonamides is 4. The van der Waals surface area contributed by atoms with Crippen molar-refractivity contribution in [3.05, 3.63) is 346 Å². The lowest BCUT2D eigenvalue weighted by molar-refractivity contribution is 0.101. The minimum Gasteiger partial charge on any atom is -0.322 e. The van der Waals surface area contributed by atoms with Gasteiger partial charge < -0.3 is 21.3 Å². The maximum atomic E-state index is 14.9. The van der Waals surface area contributed by atoms with Crippen LogP contribution in [0.1, 0.15) is 115 Å². The van der Waals surface area contributed by atoms with Crippen LogP contribution >= 0.6 is 23.2 Å². The van der Waals surface area contributed by atoms with Crippen LogP contribution in [0.5, 0.6) is 0 Å². The van der Waals surface area contributed by atoms with Gasteiger partial charge in [0.1, 0.15) is 11.6 Å². The van der Waals surface area contributed by atoms with Gasteiger partial charge in [0.2, 0.25) is 40.1 Å². The number of rotatable bonds is 16. The van der Waals surface area contributed by atoms with Gasteiger partial charge in [0.05, 0.1) is 112 Å². The van der Waals surface area contributed by atoms with Crippen LogP contribution in [0.25, 0.3) is 88.5 Å². The number of amides is 4. The molecule has 4 aliphatic heterocycles. The third-order valence-corrected chi connectivity index (χ3v) is 32.8. The molecule has 140 heavy (non-hydrogen) atoms. The van der Waals surface area contributed by atoms with Crippen molar-refractivity contribution < 1.29 is 61.6 Å². The summed E-state index contributed by atoms with van der Waals surface area (Å²) in [4.78, 5) is 78.9. The van der Waals surface area contributed by atoms with Gasteiger partial charge in [-0.05, 0) is 289 Å². The summed E-state index contributed by atoms with van der Waals surface area (Å²) in [5.74, 6) is -3.11. The average molecular weight is 1990 g/mol. The number of carbonyl (C=O) groups excluding carboxylic acids is 4. The molecule has 0 saturated carbocycles. The molecule has 26 nitrogen and oxygen atoms in total. The van der Waals surface area contributed by atoms with Crippen molar-refractivity contribution in [1.82, 2.24) is 29.9 Å². The normalized spacial score (nSPS) is 15.2. The third-order valence-electron chi connectivity index (χ3n) is 24.7. The monoisotopic (exact) mass is 1990 g/mol. The molecule has 34 heteroatoms. The van der Waals surface area contributed by atoms with E-state index < -0.39 is 63.5 Å². The molecular weight excluding hydrogens is 1900 g/mol. The Morgan fingerprint density at radius 1 is 0.314 bits per heavy atom. The van der Waals surface area contributed by atoms with Crippen molar-refractivity contribution in [3.63, 3.8) is 0 Å². The van der Waals surface area contributed by atoms with Crippen LogP contribution in [0.2, 0.25) is 10.0 Å². The molecule has 6 aromatic heterocycles. The fourth-order valence-electron chi connectivity index (χ4n) is 17.3. The van der Waals surface area contributed by atoms with Crippen LogP contribution in [0.4, 0.5) is 54.3 Å². The van der Waals surface area contributed by atoms with E-state index in [0.29, 0.717) is 121 Å². The molecule has 0 aliphatic carbocycles. The number of fused-ring (bicyclic) bond motifs is 4. The van der Waals surface area contributed by atoms with E-state index >= 15 is 0 Å². The number of pyridine rings is 6. The molecule has 712 valence electrons. The number of carbonyl (C=O) groups is 4. The zero-order valence-corrected chi connectivity index (χ0v) is 81.2. The molecule has 4 aliphatic rings. The third kappa shape index (κ3) is 21.8. The molecule has 4 fully saturated rings. The van der Waals surface area contributed by atoms with Gasteiger partial charge in [-0.3, -0.25) is 56.3 Å². The predicted octanol–water partition coefficient (Wildman–Crippen LogP) is 21.9. The smallest absolute Gasteiger partial charge is 0.258 e. The molecule has 0 unspecified atom stereocenters. The second-order valence-corrected chi connectivity index (χ2v) is 43.1. The van der Waals surface area contributed by atoms with E-state index in [0.717, 1.165) is 124 Å². The highest BCUT2D eigenvalue weighted by Gasteiger charge is 2.33. The topological polar surface area (TPSA) is 343 Å². The van der Waals surface area contributed by atoms with Crippen LogP contribution < -0.4 is 38.5 Å². The van der Waals surface area contributed by atoms with Crippen molar-refractivity contribution in [1.29, 1.82) is 0 Å². The molecular formula is C106H94Cl2F2N14O12S4. The van der Waals surface area contributed by atoms with Gasteiger partial charge in [-0.1, -0.05) is 89.9 Å². The van der Waals surface area contributed by atoms with Crippen LogP contribution in [0, 0.1) is 39.3 Å². The van der Waals surface area contributed by atoms with E-state index in [1.54, 1.807) is 105 Å². The van der Waals surface area contributed by atoms with Crippen molar-refractivity contribution in [2.24, 2.45) is 0 Å². The summed E-state index contributed by atoms with van der Waals surface area (Å²) in [5, 5.41) is 17.0. The van der Waals surface area contributed by atoms with E-state index in [1.165, 1.54) is 47.6 Å². The Morgan fingerprint density at radius 2 is 0.714 bits per heavy atom. The maximum absolute atomic E-state index is 14.9. The first-order chi connectivity index (χ1) is 67.3. The van der Waals surface area contributed by atoms with Gasteiger partial charge in [-0.25, -0.2) is 52.4 Å². The number of halogens is 4. The number of benzene rings is 10. The van der Waals surface area contributed by atoms with Gasteiger partial charge in [-0.2, -0.15) is 0 Å². The van der Waals surface area contributed by atoms with E-state index in [1.807, 2.05) is 160 Å². The SMILES string of the molecule is Cc1cc(N2CCCCS2(=O)=O)ccc1C(=O)Nc1ccc(Cl)c(-c2ccc3ccccc3n2)c1.Cc1ccc(NC(=O)c2ccc(N3CCCCS3(=O)=O)cc2Cl)cc1-c1nccc2ncccc12.Cc1ccc(NC(=O)c2ccc(N3CCCCS3(=O)=O)cc2F)cc1-c1ccc2cnccc2n1.Cc1ccc(NC(=O)c2ccc(N3CCCCS3(=O)=O)cc2F)cc1-c1nccc2ccccc12. The van der Waals surface area contributed by atoms with Crippen LogP contribution in [0.3, 0.4) is 0 Å². The van der Waals surface area contributed by atoms with E-state index in [2.05, 4.69) is 41.2 Å². The Labute approximate surface area is 819 Å². The van der Waals surface area contributed by atoms with Crippen molar-refractivity contribution in [3.8, 4) is 45.0 Å². The summed E-state index contributed by atoms with van der Waals surface area (Å²) < 4.78 is 134. The number of anilines is 8. The molecule has 4 N–H and O–H groups in total. The summed E-state index contributed by atoms with van der Waals surface area (Å²) in [6.07, 6.45) is 14.2. The second kappa shape index (κ2) is 41.6. The molecule has 10 heterocycles. The molecule has 0 radical (unpaired) electrons. The first-order valence-corrected chi connectivity index (χ1v) is 52.5.